The molecule has 0 fully saturated rings. The number of aromatic hydroxyl groups is 1. The standard InChI is InChI=1S/C32H33N3O3S/c1-4-5-12-19-32(2,3)24-20-27(23-13-8-6-9-14-23)31(36)30(21-24)35-33-28-18-17-26(22-29(28)34-35)39(37,38)25-15-10-7-11-16-25/h6-11,13-18,20-22,36H,4-5,12,19H2,1-3H3. The fraction of sp³-hybridized carbons (Fsp3) is 0.250. The highest BCUT2D eigenvalue weighted by Gasteiger charge is 2.25. The third-order valence-corrected chi connectivity index (χ3v) is 9.06. The first kappa shape index (κ1) is 26.6. The van der Waals surface area contributed by atoms with Crippen molar-refractivity contribution in [2.24, 2.45) is 0 Å². The van der Waals surface area contributed by atoms with E-state index in [4.69, 9.17) is 0 Å². The number of phenolic OH excluding ortho intramolecular Hbond substituents is 1. The van der Waals surface area contributed by atoms with Gasteiger partial charge in [-0.25, -0.2) is 8.42 Å². The maximum atomic E-state index is 13.2. The lowest BCUT2D eigenvalue weighted by atomic mass is 9.78. The first-order valence-corrected chi connectivity index (χ1v) is 14.8. The van der Waals surface area contributed by atoms with Crippen LogP contribution in [0.1, 0.15) is 52.0 Å². The number of phenols is 1. The Morgan fingerprint density at radius 1 is 0.795 bits per heavy atom. The van der Waals surface area contributed by atoms with E-state index in [-0.39, 0.29) is 21.0 Å². The minimum absolute atomic E-state index is 0.0757. The summed E-state index contributed by atoms with van der Waals surface area (Å²) in [6.07, 6.45) is 4.44. The molecule has 5 rings (SSSR count). The maximum absolute atomic E-state index is 13.2. The molecule has 4 aromatic carbocycles. The molecule has 0 bridgehead atoms. The van der Waals surface area contributed by atoms with Gasteiger partial charge in [0.15, 0.2) is 5.75 Å². The zero-order chi connectivity index (χ0) is 27.6. The first-order chi connectivity index (χ1) is 18.7. The third-order valence-electron chi connectivity index (χ3n) is 7.29. The van der Waals surface area contributed by atoms with Crippen molar-refractivity contribution < 1.29 is 13.5 Å². The zero-order valence-corrected chi connectivity index (χ0v) is 23.3. The topological polar surface area (TPSA) is 85.1 Å². The number of rotatable bonds is 9. The predicted molar refractivity (Wildman–Crippen MR) is 155 cm³/mol. The van der Waals surface area contributed by atoms with E-state index >= 15 is 0 Å². The number of hydrogen-bond donors (Lipinski definition) is 1. The van der Waals surface area contributed by atoms with Gasteiger partial charge in [-0.05, 0) is 65.4 Å². The molecule has 0 aliphatic heterocycles. The second-order valence-corrected chi connectivity index (χ2v) is 12.5. The van der Waals surface area contributed by atoms with Crippen LogP contribution in [0.25, 0.3) is 27.8 Å². The van der Waals surface area contributed by atoms with Crippen LogP contribution in [0.15, 0.2) is 101 Å². The fourth-order valence-corrected chi connectivity index (χ4v) is 6.17. The predicted octanol–water partition coefficient (Wildman–Crippen LogP) is 7.48. The van der Waals surface area contributed by atoms with Crippen molar-refractivity contribution in [3.05, 3.63) is 96.6 Å². The van der Waals surface area contributed by atoms with E-state index in [0.717, 1.165) is 30.4 Å². The van der Waals surface area contributed by atoms with E-state index in [0.29, 0.717) is 22.3 Å². The quantitative estimate of drug-likeness (QED) is 0.196. The number of benzene rings is 4. The summed E-state index contributed by atoms with van der Waals surface area (Å²) in [4.78, 5) is 1.78. The Kier molecular flexibility index (Phi) is 7.28. The van der Waals surface area contributed by atoms with E-state index in [1.54, 1.807) is 42.5 Å². The fourth-order valence-electron chi connectivity index (χ4n) is 4.87. The van der Waals surface area contributed by atoms with Crippen molar-refractivity contribution in [2.75, 3.05) is 0 Å². The molecule has 0 aliphatic carbocycles. The molecular formula is C32H33N3O3S. The number of unbranched alkanes of at least 4 members (excludes halogenated alkanes) is 2. The summed E-state index contributed by atoms with van der Waals surface area (Å²) < 4.78 is 26.4. The second kappa shape index (κ2) is 10.7. The lowest BCUT2D eigenvalue weighted by Gasteiger charge is -2.27. The number of sulfone groups is 1. The normalized spacial score (nSPS) is 12.2. The third kappa shape index (κ3) is 5.32. The summed E-state index contributed by atoms with van der Waals surface area (Å²) in [6, 6.07) is 26.9. The second-order valence-electron chi connectivity index (χ2n) is 10.6. The zero-order valence-electron chi connectivity index (χ0n) is 22.5. The highest BCUT2D eigenvalue weighted by Crippen LogP contribution is 2.40. The highest BCUT2D eigenvalue weighted by atomic mass is 32.2. The van der Waals surface area contributed by atoms with Crippen LogP contribution < -0.4 is 0 Å². The Labute approximate surface area is 229 Å². The van der Waals surface area contributed by atoms with Gasteiger partial charge in [0.05, 0.1) is 9.79 Å². The number of nitrogens with zero attached hydrogens (tertiary/aromatic N) is 3. The molecule has 0 saturated carbocycles. The smallest absolute Gasteiger partial charge is 0.206 e. The summed E-state index contributed by atoms with van der Waals surface area (Å²) in [5, 5.41) is 20.7. The van der Waals surface area contributed by atoms with Crippen LogP contribution >= 0.6 is 0 Å². The molecule has 0 unspecified atom stereocenters. The van der Waals surface area contributed by atoms with Gasteiger partial charge in [-0.3, -0.25) is 0 Å². The van der Waals surface area contributed by atoms with Crippen molar-refractivity contribution in [2.45, 2.75) is 61.7 Å². The van der Waals surface area contributed by atoms with Gasteiger partial charge in [-0.15, -0.1) is 15.0 Å². The minimum atomic E-state index is -3.70. The Morgan fingerprint density at radius 3 is 2.15 bits per heavy atom. The molecule has 200 valence electrons. The number of fused-ring (bicyclic) bond motifs is 1. The molecular weight excluding hydrogens is 506 g/mol. The summed E-state index contributed by atoms with van der Waals surface area (Å²) >= 11 is 0. The summed E-state index contributed by atoms with van der Waals surface area (Å²) in [7, 11) is -3.70. The molecule has 39 heavy (non-hydrogen) atoms. The highest BCUT2D eigenvalue weighted by molar-refractivity contribution is 7.91. The molecule has 1 N–H and O–H groups in total. The maximum Gasteiger partial charge on any atom is 0.206 e. The number of hydrogen-bond acceptors (Lipinski definition) is 5. The summed E-state index contributed by atoms with van der Waals surface area (Å²) in [6.45, 7) is 6.65. The molecule has 0 amide bonds. The lowest BCUT2D eigenvalue weighted by molar-refractivity contribution is 0.445. The Hall–Kier alpha value is -3.97. The van der Waals surface area contributed by atoms with Gasteiger partial charge < -0.3 is 5.11 Å². The van der Waals surface area contributed by atoms with Gasteiger partial charge >= 0.3 is 0 Å². The lowest BCUT2D eigenvalue weighted by Crippen LogP contribution is -2.18. The van der Waals surface area contributed by atoms with Gasteiger partial charge in [0.2, 0.25) is 9.84 Å². The van der Waals surface area contributed by atoms with E-state index in [2.05, 4.69) is 37.0 Å². The van der Waals surface area contributed by atoms with Crippen molar-refractivity contribution in [1.29, 1.82) is 0 Å². The molecule has 0 spiro atoms. The van der Waals surface area contributed by atoms with Crippen LogP contribution in [-0.2, 0) is 15.3 Å². The van der Waals surface area contributed by atoms with Gasteiger partial charge in [-0.1, -0.05) is 88.6 Å². The van der Waals surface area contributed by atoms with Crippen LogP contribution in [0.5, 0.6) is 5.75 Å². The summed E-state index contributed by atoms with van der Waals surface area (Å²) in [5.41, 5.74) is 3.98. The van der Waals surface area contributed by atoms with Crippen LogP contribution in [0, 0.1) is 0 Å². The average molecular weight is 540 g/mol. The van der Waals surface area contributed by atoms with Gasteiger partial charge in [0.1, 0.15) is 16.7 Å². The molecule has 0 atom stereocenters. The molecule has 0 saturated heterocycles. The molecule has 7 heteroatoms. The van der Waals surface area contributed by atoms with E-state index in [9.17, 15) is 13.5 Å². The van der Waals surface area contributed by atoms with Crippen LogP contribution in [-0.4, -0.2) is 28.5 Å². The van der Waals surface area contributed by atoms with Crippen molar-refractivity contribution in [1.82, 2.24) is 15.0 Å². The Balaban J connectivity index is 1.63. The SMILES string of the molecule is CCCCCC(C)(C)c1cc(-c2ccccc2)c(O)c(-n2nc3ccc(S(=O)(=O)c4ccccc4)cc3n2)c1. The van der Waals surface area contributed by atoms with E-state index < -0.39 is 9.84 Å². The van der Waals surface area contributed by atoms with Crippen molar-refractivity contribution in [3.8, 4) is 22.6 Å². The van der Waals surface area contributed by atoms with Crippen LogP contribution in [0.2, 0.25) is 0 Å². The van der Waals surface area contributed by atoms with Crippen LogP contribution in [0.3, 0.4) is 0 Å². The molecule has 0 aliphatic rings. The van der Waals surface area contributed by atoms with Gasteiger partial charge in [0.25, 0.3) is 0 Å². The molecule has 1 aromatic heterocycles. The Bertz CT molecular complexity index is 1710. The van der Waals surface area contributed by atoms with Gasteiger partial charge in [0, 0.05) is 5.56 Å². The van der Waals surface area contributed by atoms with E-state index in [1.165, 1.54) is 17.3 Å². The van der Waals surface area contributed by atoms with Crippen LogP contribution in [0.4, 0.5) is 0 Å². The molecule has 5 aromatic rings. The molecule has 6 nitrogen and oxygen atoms in total. The average Bonchev–Trinajstić information content (AvgIpc) is 3.37. The van der Waals surface area contributed by atoms with Gasteiger partial charge in [-0.2, -0.15) is 0 Å². The minimum Gasteiger partial charge on any atom is -0.505 e. The van der Waals surface area contributed by atoms with E-state index in [1.807, 2.05) is 36.4 Å². The first-order valence-electron chi connectivity index (χ1n) is 13.3. The largest absolute Gasteiger partial charge is 0.505 e. The molecule has 0 radical (unpaired) electrons. The Morgan fingerprint density at radius 2 is 1.46 bits per heavy atom. The number of aromatic nitrogens is 3. The van der Waals surface area contributed by atoms with Crippen molar-refractivity contribution >= 4 is 20.9 Å². The summed E-state index contributed by atoms with van der Waals surface area (Å²) in [5.74, 6) is 0.0757. The van der Waals surface area contributed by atoms with Crippen molar-refractivity contribution in [3.63, 3.8) is 0 Å². The molecule has 1 heterocycles. The monoisotopic (exact) mass is 539 g/mol.